The van der Waals surface area contributed by atoms with Gasteiger partial charge in [-0.25, -0.2) is 0 Å². The van der Waals surface area contributed by atoms with Crippen LogP contribution in [0.4, 0.5) is 13.2 Å². The van der Waals surface area contributed by atoms with Crippen LogP contribution in [0.5, 0.6) is 0 Å². The second kappa shape index (κ2) is 6.78. The fraction of sp³-hybridized carbons (Fsp3) is 0.571. The fourth-order valence-corrected chi connectivity index (χ4v) is 1.17. The molecule has 0 aliphatic rings. The predicted molar refractivity (Wildman–Crippen MR) is 68.2 cm³/mol. The van der Waals surface area contributed by atoms with Crippen LogP contribution in [0, 0.1) is 0 Å². The molecule has 104 valence electrons. The van der Waals surface area contributed by atoms with Crippen LogP contribution in [0.25, 0.3) is 0 Å². The maximum absolute atomic E-state index is 12.3. The third kappa shape index (κ3) is 6.64. The molecule has 4 heteroatoms. The Morgan fingerprint density at radius 2 is 1.72 bits per heavy atom. The van der Waals surface area contributed by atoms with Gasteiger partial charge < -0.3 is 5.11 Å². The van der Waals surface area contributed by atoms with Crippen LogP contribution in [0.2, 0.25) is 0 Å². The smallest absolute Gasteiger partial charge is 0.377 e. The Morgan fingerprint density at radius 3 is 2.17 bits per heavy atom. The van der Waals surface area contributed by atoms with Crippen molar-refractivity contribution in [1.82, 2.24) is 0 Å². The van der Waals surface area contributed by atoms with Gasteiger partial charge in [-0.1, -0.05) is 29.4 Å². The Labute approximate surface area is 107 Å². The molecule has 0 radical (unpaired) electrons. The average Bonchev–Trinajstić information content (AvgIpc) is 2.14. The van der Waals surface area contributed by atoms with Gasteiger partial charge in [-0.3, -0.25) is 0 Å². The summed E-state index contributed by atoms with van der Waals surface area (Å²) in [6, 6.07) is 0. The van der Waals surface area contributed by atoms with Gasteiger partial charge in [0.05, 0.1) is 0 Å². The third-order valence-electron chi connectivity index (χ3n) is 2.47. The molecule has 0 saturated carbocycles. The zero-order valence-corrected chi connectivity index (χ0v) is 11.3. The van der Waals surface area contributed by atoms with E-state index in [1.54, 1.807) is 6.08 Å². The molecule has 18 heavy (non-hydrogen) atoms. The summed E-state index contributed by atoms with van der Waals surface area (Å²) in [5.74, 6) is 0. The number of allylic oxidation sites excluding steroid dienone is 5. The van der Waals surface area contributed by atoms with E-state index < -0.39 is 11.8 Å². The first-order valence-corrected chi connectivity index (χ1v) is 5.84. The van der Waals surface area contributed by atoms with E-state index in [4.69, 9.17) is 5.11 Å². The Morgan fingerprint density at radius 1 is 1.17 bits per heavy atom. The van der Waals surface area contributed by atoms with Crippen molar-refractivity contribution in [3.8, 4) is 0 Å². The van der Waals surface area contributed by atoms with Crippen LogP contribution < -0.4 is 0 Å². The average molecular weight is 262 g/mol. The van der Waals surface area contributed by atoms with E-state index in [1.807, 2.05) is 20.8 Å². The van der Waals surface area contributed by atoms with Gasteiger partial charge in [-0.05, 0) is 46.6 Å². The number of hydrogen-bond donors (Lipinski definition) is 1. The highest BCUT2D eigenvalue weighted by Gasteiger charge is 2.47. The van der Waals surface area contributed by atoms with Crippen molar-refractivity contribution in [3.05, 3.63) is 35.5 Å². The molecular formula is C14H21F3O. The van der Waals surface area contributed by atoms with Gasteiger partial charge in [0.15, 0.2) is 5.60 Å². The van der Waals surface area contributed by atoms with Crippen molar-refractivity contribution in [2.24, 2.45) is 0 Å². The maximum atomic E-state index is 12.3. The first-order chi connectivity index (χ1) is 8.06. The summed E-state index contributed by atoms with van der Waals surface area (Å²) in [5, 5.41) is 9.16. The minimum Gasteiger partial charge on any atom is -0.377 e. The monoisotopic (exact) mass is 262 g/mol. The molecule has 0 bridgehead atoms. The van der Waals surface area contributed by atoms with E-state index in [2.05, 4.69) is 6.08 Å². The van der Waals surface area contributed by atoms with Crippen molar-refractivity contribution < 1.29 is 18.3 Å². The van der Waals surface area contributed by atoms with E-state index in [0.717, 1.165) is 31.4 Å². The number of rotatable bonds is 5. The Bertz CT molecular complexity index is 343. The van der Waals surface area contributed by atoms with Gasteiger partial charge >= 0.3 is 6.18 Å². The standard InChI is InChI=1S/C14H21F3O/c1-11(2)7-5-8-12(3)9-6-10-13(4,18)14(15,16)17/h6-7,9-10,18H,5,8H2,1-4H3/b10-6-,12-9+. The lowest BCUT2D eigenvalue weighted by Gasteiger charge is -2.22. The van der Waals surface area contributed by atoms with Gasteiger partial charge in [-0.2, -0.15) is 13.2 Å². The predicted octanol–water partition coefficient (Wildman–Crippen LogP) is 4.55. The minimum atomic E-state index is -4.65. The molecule has 1 N–H and O–H groups in total. The van der Waals surface area contributed by atoms with E-state index in [9.17, 15) is 13.2 Å². The van der Waals surface area contributed by atoms with E-state index in [-0.39, 0.29) is 0 Å². The second-order valence-electron chi connectivity index (χ2n) is 4.84. The normalized spacial score (nSPS) is 16.8. The molecule has 0 aromatic carbocycles. The van der Waals surface area contributed by atoms with Crippen molar-refractivity contribution in [2.45, 2.75) is 52.3 Å². The quantitative estimate of drug-likeness (QED) is 0.569. The first kappa shape index (κ1) is 17.0. The van der Waals surface area contributed by atoms with Crippen molar-refractivity contribution in [3.63, 3.8) is 0 Å². The molecule has 0 aliphatic carbocycles. The van der Waals surface area contributed by atoms with Gasteiger partial charge in [0.2, 0.25) is 0 Å². The Hall–Kier alpha value is -1.03. The summed E-state index contributed by atoms with van der Waals surface area (Å²) in [4.78, 5) is 0. The van der Waals surface area contributed by atoms with Gasteiger partial charge in [0.25, 0.3) is 0 Å². The Kier molecular flexibility index (Phi) is 6.39. The third-order valence-corrected chi connectivity index (χ3v) is 2.47. The van der Waals surface area contributed by atoms with Crippen molar-refractivity contribution in [1.29, 1.82) is 0 Å². The van der Waals surface area contributed by atoms with Crippen LogP contribution >= 0.6 is 0 Å². The van der Waals surface area contributed by atoms with Crippen LogP contribution in [-0.2, 0) is 0 Å². The fourth-order valence-electron chi connectivity index (χ4n) is 1.17. The molecule has 0 amide bonds. The molecule has 1 atom stereocenters. The second-order valence-corrected chi connectivity index (χ2v) is 4.84. The highest BCUT2D eigenvalue weighted by Crippen LogP contribution is 2.30. The number of alkyl halides is 3. The number of hydrogen-bond acceptors (Lipinski definition) is 1. The summed E-state index contributed by atoms with van der Waals surface area (Å²) in [7, 11) is 0. The van der Waals surface area contributed by atoms with Crippen molar-refractivity contribution >= 4 is 0 Å². The number of aliphatic hydroxyl groups is 1. The largest absolute Gasteiger partial charge is 0.420 e. The van der Waals surface area contributed by atoms with E-state index in [1.165, 1.54) is 11.6 Å². The summed E-state index contributed by atoms with van der Waals surface area (Å²) < 4.78 is 37.0. The molecule has 0 spiro atoms. The molecule has 0 aromatic rings. The topological polar surface area (TPSA) is 20.2 Å². The summed E-state index contributed by atoms with van der Waals surface area (Å²) >= 11 is 0. The minimum absolute atomic E-state index is 0.732. The highest BCUT2D eigenvalue weighted by molar-refractivity contribution is 5.16. The van der Waals surface area contributed by atoms with E-state index >= 15 is 0 Å². The maximum Gasteiger partial charge on any atom is 0.420 e. The molecular weight excluding hydrogens is 241 g/mol. The molecule has 0 fully saturated rings. The lowest BCUT2D eigenvalue weighted by Crippen LogP contribution is -2.39. The molecule has 0 saturated heterocycles. The van der Waals surface area contributed by atoms with Crippen LogP contribution in [0.1, 0.15) is 40.5 Å². The zero-order chi connectivity index (χ0) is 14.4. The molecule has 0 heterocycles. The molecule has 0 aromatic heterocycles. The van der Waals surface area contributed by atoms with E-state index in [0.29, 0.717) is 0 Å². The Balaban J connectivity index is 4.41. The first-order valence-electron chi connectivity index (χ1n) is 5.84. The molecule has 1 unspecified atom stereocenters. The van der Waals surface area contributed by atoms with Crippen molar-refractivity contribution in [2.75, 3.05) is 0 Å². The highest BCUT2D eigenvalue weighted by atomic mass is 19.4. The summed E-state index contributed by atoms with van der Waals surface area (Å²) in [5.41, 5.74) is -0.580. The zero-order valence-electron chi connectivity index (χ0n) is 11.3. The lowest BCUT2D eigenvalue weighted by atomic mass is 10.1. The SMILES string of the molecule is CC(C)=CCC/C(C)=C/C=C\C(C)(O)C(F)(F)F. The summed E-state index contributed by atoms with van der Waals surface area (Å²) in [6.45, 7) is 6.58. The van der Waals surface area contributed by atoms with Crippen LogP contribution in [0.15, 0.2) is 35.5 Å². The molecule has 1 nitrogen and oxygen atoms in total. The van der Waals surface area contributed by atoms with Gasteiger partial charge in [-0.15, -0.1) is 0 Å². The summed E-state index contributed by atoms with van der Waals surface area (Å²) in [6.07, 6.45) is 2.71. The number of halogens is 3. The lowest BCUT2D eigenvalue weighted by molar-refractivity contribution is -0.232. The van der Waals surface area contributed by atoms with Crippen LogP contribution in [0.3, 0.4) is 0 Å². The molecule has 0 aliphatic heterocycles. The van der Waals surface area contributed by atoms with Gasteiger partial charge in [0.1, 0.15) is 0 Å². The van der Waals surface area contributed by atoms with Crippen LogP contribution in [-0.4, -0.2) is 16.9 Å². The van der Waals surface area contributed by atoms with Gasteiger partial charge in [0, 0.05) is 0 Å². The molecule has 0 rings (SSSR count).